The molecule has 0 radical (unpaired) electrons. The number of carbonyl (C=O) groups excluding carboxylic acids is 1. The van der Waals surface area contributed by atoms with Crippen molar-refractivity contribution in [3.8, 4) is 11.5 Å². The Labute approximate surface area is 146 Å². The summed E-state index contributed by atoms with van der Waals surface area (Å²) in [5.74, 6) is 0.788. The van der Waals surface area contributed by atoms with E-state index in [2.05, 4.69) is 10.6 Å². The normalized spacial score (nSPS) is 17.8. The number of benzene rings is 2. The number of nitrogens with one attached hydrogen (secondary N) is 2. The number of rotatable bonds is 3. The summed E-state index contributed by atoms with van der Waals surface area (Å²) in [6, 6.07) is 10.7. The van der Waals surface area contributed by atoms with Crippen molar-refractivity contribution in [1.29, 1.82) is 0 Å². The SMILES string of the molecule is COc1ccccc1NC(=O)N[C@@H]1CC(C)(C)Oc2ccc(F)cc21. The lowest BCUT2D eigenvalue weighted by atomic mass is 9.89. The number of ether oxygens (including phenoxy) is 2. The predicted molar refractivity (Wildman–Crippen MR) is 93.6 cm³/mol. The Kier molecular flexibility index (Phi) is 4.53. The van der Waals surface area contributed by atoms with E-state index in [1.165, 1.54) is 12.1 Å². The monoisotopic (exact) mass is 344 g/mol. The molecule has 1 aliphatic heterocycles. The van der Waals surface area contributed by atoms with Crippen molar-refractivity contribution in [2.75, 3.05) is 12.4 Å². The Morgan fingerprint density at radius 3 is 2.80 bits per heavy atom. The minimum atomic E-state index is -0.465. The van der Waals surface area contributed by atoms with E-state index in [0.717, 1.165) is 0 Å². The molecule has 1 aliphatic rings. The van der Waals surface area contributed by atoms with Crippen LogP contribution in [0.1, 0.15) is 31.9 Å². The maximum atomic E-state index is 13.6. The molecule has 5 nitrogen and oxygen atoms in total. The van der Waals surface area contributed by atoms with Crippen molar-refractivity contribution >= 4 is 11.7 Å². The Bertz CT molecular complexity index is 792. The van der Waals surface area contributed by atoms with Gasteiger partial charge in [0.25, 0.3) is 0 Å². The molecule has 2 aromatic carbocycles. The van der Waals surface area contributed by atoms with E-state index in [0.29, 0.717) is 29.2 Å². The van der Waals surface area contributed by atoms with E-state index >= 15 is 0 Å². The van der Waals surface area contributed by atoms with Crippen LogP contribution in [0.3, 0.4) is 0 Å². The van der Waals surface area contributed by atoms with Gasteiger partial charge in [-0.25, -0.2) is 9.18 Å². The van der Waals surface area contributed by atoms with Gasteiger partial charge in [-0.05, 0) is 44.2 Å². The second-order valence-electron chi connectivity index (χ2n) is 6.60. The molecule has 1 heterocycles. The van der Waals surface area contributed by atoms with Gasteiger partial charge in [-0.15, -0.1) is 0 Å². The molecule has 132 valence electrons. The fourth-order valence-corrected chi connectivity index (χ4v) is 3.02. The van der Waals surface area contributed by atoms with Gasteiger partial charge in [-0.3, -0.25) is 0 Å². The standard InChI is InChI=1S/C19H21FN2O3/c1-19(2)11-15(13-10-12(20)8-9-16(13)25-19)22-18(23)21-14-6-4-5-7-17(14)24-3/h4-10,15H,11H2,1-3H3,(H2,21,22,23)/t15-/m1/s1. The van der Waals surface area contributed by atoms with Gasteiger partial charge in [-0.1, -0.05) is 12.1 Å². The molecule has 3 rings (SSSR count). The number of urea groups is 1. The van der Waals surface area contributed by atoms with Gasteiger partial charge in [-0.2, -0.15) is 0 Å². The van der Waals surface area contributed by atoms with Crippen LogP contribution in [0.5, 0.6) is 11.5 Å². The average Bonchev–Trinajstić information content (AvgIpc) is 2.55. The molecule has 2 N–H and O–H groups in total. The highest BCUT2D eigenvalue weighted by molar-refractivity contribution is 5.91. The topological polar surface area (TPSA) is 59.6 Å². The number of amides is 2. The summed E-state index contributed by atoms with van der Waals surface area (Å²) in [5.41, 5.74) is 0.732. The highest BCUT2D eigenvalue weighted by Crippen LogP contribution is 2.39. The number of hydrogen-bond acceptors (Lipinski definition) is 3. The number of anilines is 1. The molecule has 0 unspecified atom stereocenters. The number of carbonyl (C=O) groups is 1. The first-order valence-corrected chi connectivity index (χ1v) is 8.07. The minimum absolute atomic E-state index is 0.357. The van der Waals surface area contributed by atoms with Crippen LogP contribution in [0.4, 0.5) is 14.9 Å². The lowest BCUT2D eigenvalue weighted by molar-refractivity contribution is 0.0680. The van der Waals surface area contributed by atoms with E-state index < -0.39 is 5.60 Å². The second-order valence-corrected chi connectivity index (χ2v) is 6.60. The van der Waals surface area contributed by atoms with Gasteiger partial charge < -0.3 is 20.1 Å². The van der Waals surface area contributed by atoms with Crippen molar-refractivity contribution in [3.63, 3.8) is 0 Å². The molecule has 2 amide bonds. The van der Waals surface area contributed by atoms with Crippen LogP contribution in [0.2, 0.25) is 0 Å². The molecule has 0 saturated carbocycles. The third-order valence-electron chi connectivity index (χ3n) is 4.09. The van der Waals surface area contributed by atoms with E-state index in [1.54, 1.807) is 31.4 Å². The van der Waals surface area contributed by atoms with Crippen molar-refractivity contribution in [2.24, 2.45) is 0 Å². The molecule has 0 saturated heterocycles. The Balaban J connectivity index is 1.80. The van der Waals surface area contributed by atoms with Crippen LogP contribution >= 0.6 is 0 Å². The smallest absolute Gasteiger partial charge is 0.319 e. The zero-order valence-corrected chi connectivity index (χ0v) is 14.4. The van der Waals surface area contributed by atoms with Crippen molar-refractivity contribution < 1.29 is 18.7 Å². The lowest BCUT2D eigenvalue weighted by Gasteiger charge is -2.37. The van der Waals surface area contributed by atoms with Gasteiger partial charge in [0.2, 0.25) is 0 Å². The van der Waals surface area contributed by atoms with Crippen LogP contribution in [0, 0.1) is 5.82 Å². The Morgan fingerprint density at radius 1 is 1.28 bits per heavy atom. The van der Waals surface area contributed by atoms with Gasteiger partial charge >= 0.3 is 6.03 Å². The molecule has 6 heteroatoms. The summed E-state index contributed by atoms with van der Waals surface area (Å²) >= 11 is 0. The second kappa shape index (κ2) is 6.63. The highest BCUT2D eigenvalue weighted by Gasteiger charge is 2.34. The number of halogens is 1. The van der Waals surface area contributed by atoms with Gasteiger partial charge in [0.05, 0.1) is 18.8 Å². The number of hydrogen-bond donors (Lipinski definition) is 2. The molecule has 0 bridgehead atoms. The van der Waals surface area contributed by atoms with Crippen LogP contribution in [0.25, 0.3) is 0 Å². The fraction of sp³-hybridized carbons (Fsp3) is 0.316. The summed E-state index contributed by atoms with van der Waals surface area (Å²) in [6.45, 7) is 3.87. The summed E-state index contributed by atoms with van der Waals surface area (Å²) < 4.78 is 24.8. The van der Waals surface area contributed by atoms with Crippen LogP contribution < -0.4 is 20.1 Å². The maximum Gasteiger partial charge on any atom is 0.319 e. The zero-order valence-electron chi connectivity index (χ0n) is 14.4. The minimum Gasteiger partial charge on any atom is -0.495 e. The molecule has 25 heavy (non-hydrogen) atoms. The zero-order chi connectivity index (χ0) is 18.0. The number of fused-ring (bicyclic) bond motifs is 1. The predicted octanol–water partition coefficient (Wildman–Crippen LogP) is 4.26. The summed E-state index contributed by atoms with van der Waals surface area (Å²) in [7, 11) is 1.54. The highest BCUT2D eigenvalue weighted by atomic mass is 19.1. The largest absolute Gasteiger partial charge is 0.495 e. The van der Waals surface area contributed by atoms with E-state index in [9.17, 15) is 9.18 Å². The third-order valence-corrected chi connectivity index (χ3v) is 4.09. The van der Waals surface area contributed by atoms with Crippen molar-refractivity contribution in [1.82, 2.24) is 5.32 Å². The van der Waals surface area contributed by atoms with Gasteiger partial charge in [0.1, 0.15) is 22.9 Å². The molecule has 0 spiro atoms. The molecular formula is C19H21FN2O3. The summed E-state index contributed by atoms with van der Waals surface area (Å²) in [6.07, 6.45) is 0.531. The summed E-state index contributed by atoms with van der Waals surface area (Å²) in [4.78, 5) is 12.4. The quantitative estimate of drug-likeness (QED) is 0.875. The van der Waals surface area contributed by atoms with Gasteiger partial charge in [0.15, 0.2) is 0 Å². The number of methoxy groups -OCH3 is 1. The molecule has 1 atom stereocenters. The average molecular weight is 344 g/mol. The van der Waals surface area contributed by atoms with E-state index in [4.69, 9.17) is 9.47 Å². The molecule has 2 aromatic rings. The van der Waals surface area contributed by atoms with E-state index in [-0.39, 0.29) is 17.9 Å². The third kappa shape index (κ3) is 3.84. The van der Waals surface area contributed by atoms with Crippen LogP contribution in [-0.4, -0.2) is 18.7 Å². The van der Waals surface area contributed by atoms with Crippen LogP contribution in [0.15, 0.2) is 42.5 Å². The molecule has 0 aromatic heterocycles. The van der Waals surface area contributed by atoms with Crippen molar-refractivity contribution in [3.05, 3.63) is 53.8 Å². The lowest BCUT2D eigenvalue weighted by Crippen LogP contribution is -2.42. The first-order chi connectivity index (χ1) is 11.9. The van der Waals surface area contributed by atoms with E-state index in [1.807, 2.05) is 19.9 Å². The van der Waals surface area contributed by atoms with Gasteiger partial charge in [0, 0.05) is 12.0 Å². The number of para-hydroxylation sites is 2. The summed E-state index contributed by atoms with van der Waals surface area (Å²) in [5, 5.41) is 5.68. The van der Waals surface area contributed by atoms with Crippen molar-refractivity contribution in [2.45, 2.75) is 31.9 Å². The fourth-order valence-electron chi connectivity index (χ4n) is 3.02. The Morgan fingerprint density at radius 2 is 2.04 bits per heavy atom. The first kappa shape index (κ1) is 17.1. The molecule has 0 aliphatic carbocycles. The van der Waals surface area contributed by atoms with Crippen LogP contribution in [-0.2, 0) is 0 Å². The Hall–Kier alpha value is -2.76. The molecular weight excluding hydrogens is 323 g/mol. The maximum absolute atomic E-state index is 13.6. The molecule has 0 fully saturated rings. The first-order valence-electron chi connectivity index (χ1n) is 8.07.